The van der Waals surface area contributed by atoms with Gasteiger partial charge < -0.3 is 27.0 Å². The number of likely N-dealkylation sites (tertiary alicyclic amines) is 2. The van der Waals surface area contributed by atoms with Gasteiger partial charge in [0.15, 0.2) is 0 Å². The first-order valence-electron chi connectivity index (χ1n) is 13.9. The summed E-state index contributed by atoms with van der Waals surface area (Å²) in [6.07, 6.45) is 4.69. The van der Waals surface area contributed by atoms with E-state index in [-0.39, 0.29) is 28.3 Å². The van der Waals surface area contributed by atoms with Gasteiger partial charge in [-0.25, -0.2) is 0 Å². The van der Waals surface area contributed by atoms with E-state index in [1.807, 2.05) is 0 Å². The summed E-state index contributed by atoms with van der Waals surface area (Å²) in [6, 6.07) is 3.44. The molecule has 11 heteroatoms. The molecule has 218 valence electrons. The Labute approximate surface area is 234 Å². The van der Waals surface area contributed by atoms with Gasteiger partial charge in [0.05, 0.1) is 22.4 Å². The van der Waals surface area contributed by atoms with Gasteiger partial charge in [0.2, 0.25) is 0 Å². The van der Waals surface area contributed by atoms with Crippen molar-refractivity contribution in [3.63, 3.8) is 0 Å². The van der Waals surface area contributed by atoms with E-state index in [9.17, 15) is 23.4 Å². The summed E-state index contributed by atoms with van der Waals surface area (Å²) in [5, 5.41) is 23.4. The maximum Gasteiger partial charge on any atom is 0.416 e. The molecule has 1 atom stereocenters. The number of aliphatic hydroxyl groups excluding tert-OH is 1. The van der Waals surface area contributed by atoms with E-state index in [4.69, 9.17) is 24.1 Å². The van der Waals surface area contributed by atoms with Crippen LogP contribution in [-0.2, 0) is 6.18 Å². The lowest BCUT2D eigenvalue weighted by Gasteiger charge is -2.49. The van der Waals surface area contributed by atoms with Crippen LogP contribution >= 0.6 is 12.6 Å². The number of thiol groups is 1. The summed E-state index contributed by atoms with van der Waals surface area (Å²) < 4.78 is 38.8. The number of phenolic OH excluding ortho intramolecular Hbond substituents is 1. The number of hydrogen-bond acceptors (Lipinski definition) is 8. The molecule has 2 heterocycles. The molecule has 7 N–H and O–H groups in total. The number of phenols is 1. The minimum Gasteiger partial charge on any atom is -0.507 e. The number of hydrogen-bond donors (Lipinski definition) is 6. The molecule has 7 nitrogen and oxygen atoms in total. The van der Waals surface area contributed by atoms with Crippen LogP contribution < -0.4 is 16.8 Å². The number of piperidine rings is 2. The van der Waals surface area contributed by atoms with Gasteiger partial charge in [-0.3, -0.25) is 9.80 Å². The fourth-order valence-corrected chi connectivity index (χ4v) is 6.68. The highest BCUT2D eigenvalue weighted by molar-refractivity contribution is 7.81. The normalized spacial score (nSPS) is 29.2. The quantitative estimate of drug-likeness (QED) is 0.227. The molecule has 0 radical (unpaired) electrons. The third kappa shape index (κ3) is 7.36. The zero-order chi connectivity index (χ0) is 28.4. The van der Waals surface area contributed by atoms with Crippen molar-refractivity contribution in [1.82, 2.24) is 15.1 Å². The van der Waals surface area contributed by atoms with Crippen molar-refractivity contribution in [2.45, 2.75) is 87.5 Å². The van der Waals surface area contributed by atoms with Crippen LogP contribution in [0, 0.1) is 0 Å². The number of aliphatic hydroxyl groups is 1. The summed E-state index contributed by atoms with van der Waals surface area (Å²) >= 11 is 5.03. The molecule has 4 rings (SSSR count). The number of alkyl halides is 3. The van der Waals surface area contributed by atoms with Crippen molar-refractivity contribution in [1.29, 1.82) is 0 Å². The average molecular weight is 570 g/mol. The maximum atomic E-state index is 12.9. The van der Waals surface area contributed by atoms with Gasteiger partial charge in [-0.05, 0) is 94.7 Å². The highest BCUT2D eigenvalue weighted by Gasteiger charge is 2.39. The van der Waals surface area contributed by atoms with Crippen LogP contribution in [0.5, 0.6) is 5.75 Å². The number of benzene rings is 1. The van der Waals surface area contributed by atoms with Gasteiger partial charge in [-0.1, -0.05) is 0 Å². The molecule has 0 aromatic heterocycles. The molecule has 1 unspecified atom stereocenters. The molecule has 2 saturated heterocycles. The zero-order valence-electron chi connectivity index (χ0n) is 22.6. The van der Waals surface area contributed by atoms with E-state index in [1.54, 1.807) is 13.0 Å². The van der Waals surface area contributed by atoms with E-state index >= 15 is 0 Å². The number of rotatable bonds is 6. The Hall–Kier alpha value is -2.08. The second kappa shape index (κ2) is 12.2. The molecule has 39 heavy (non-hydrogen) atoms. The Morgan fingerprint density at radius 2 is 1.77 bits per heavy atom. The molecule has 1 aliphatic carbocycles. The standard InChI is InChI=1S/C28H42F3N5O2S/c1-18(26(33)23-5-4-19(16-24(23)38)28(29,30)31)15-25(32)34-20-3-2-12-35(17-20)21-8-13-36(14-9-21)27(39)10-6-22(37)7-11-27/h4-5,15-16,20-22,34,37-39H,2-3,6-14,17,32-33H2,1H3/b25-15+,26-18-/t20?,22-,27-. The van der Waals surface area contributed by atoms with Crippen molar-refractivity contribution >= 4 is 18.3 Å². The molecule has 1 aromatic rings. The molecular formula is C28H42F3N5O2S. The molecule has 3 aliphatic rings. The van der Waals surface area contributed by atoms with Gasteiger partial charge in [-0.15, -0.1) is 0 Å². The third-order valence-electron chi connectivity index (χ3n) is 8.56. The molecule has 2 aliphatic heterocycles. The lowest BCUT2D eigenvalue weighted by Crippen LogP contribution is -2.56. The van der Waals surface area contributed by atoms with E-state index < -0.39 is 17.5 Å². The predicted molar refractivity (Wildman–Crippen MR) is 151 cm³/mol. The molecule has 1 saturated carbocycles. The summed E-state index contributed by atoms with van der Waals surface area (Å²) in [4.78, 5) is 4.96. The second-order valence-electron chi connectivity index (χ2n) is 11.3. The first-order chi connectivity index (χ1) is 18.4. The van der Waals surface area contributed by atoms with Crippen molar-refractivity contribution in [2.75, 3.05) is 26.2 Å². The first-order valence-corrected chi connectivity index (χ1v) is 14.3. The Balaban J connectivity index is 1.32. The average Bonchev–Trinajstić information content (AvgIpc) is 2.89. The van der Waals surface area contributed by atoms with E-state index in [2.05, 4.69) is 15.1 Å². The van der Waals surface area contributed by atoms with Gasteiger partial charge in [0, 0.05) is 43.0 Å². The van der Waals surface area contributed by atoms with Crippen LogP contribution in [0.25, 0.3) is 5.70 Å². The summed E-state index contributed by atoms with van der Waals surface area (Å²) in [5.74, 6) is -0.0967. The Morgan fingerprint density at radius 1 is 1.10 bits per heavy atom. The van der Waals surface area contributed by atoms with Gasteiger partial charge >= 0.3 is 6.18 Å². The van der Waals surface area contributed by atoms with Crippen LogP contribution in [0.4, 0.5) is 13.2 Å². The maximum absolute atomic E-state index is 12.9. The van der Waals surface area contributed by atoms with E-state index in [0.29, 0.717) is 23.5 Å². The molecule has 1 aromatic carbocycles. The number of aromatic hydroxyl groups is 1. The zero-order valence-corrected chi connectivity index (χ0v) is 23.4. The van der Waals surface area contributed by atoms with Crippen molar-refractivity contribution in [3.8, 4) is 5.75 Å². The van der Waals surface area contributed by atoms with Gasteiger partial charge in [0.1, 0.15) is 5.75 Å². The second-order valence-corrected chi connectivity index (χ2v) is 12.2. The van der Waals surface area contributed by atoms with E-state index in [1.165, 1.54) is 6.07 Å². The summed E-state index contributed by atoms with van der Waals surface area (Å²) in [5.41, 5.74) is 12.4. The fourth-order valence-electron chi connectivity index (χ4n) is 6.22. The molecule has 0 amide bonds. The highest BCUT2D eigenvalue weighted by Crippen LogP contribution is 2.39. The summed E-state index contributed by atoms with van der Waals surface area (Å²) in [6.45, 7) is 5.68. The minimum atomic E-state index is -4.54. The van der Waals surface area contributed by atoms with Crippen molar-refractivity contribution in [3.05, 3.63) is 46.8 Å². The molecule has 0 bridgehead atoms. The Morgan fingerprint density at radius 3 is 2.38 bits per heavy atom. The van der Waals surface area contributed by atoms with Crippen LogP contribution in [0.2, 0.25) is 0 Å². The predicted octanol–water partition coefficient (Wildman–Crippen LogP) is 3.98. The molecule has 3 fully saturated rings. The van der Waals surface area contributed by atoms with E-state index in [0.717, 1.165) is 83.6 Å². The van der Waals surface area contributed by atoms with Gasteiger partial charge in [-0.2, -0.15) is 25.8 Å². The Kier molecular flexibility index (Phi) is 9.35. The van der Waals surface area contributed by atoms with Crippen LogP contribution in [0.3, 0.4) is 0 Å². The first kappa shape index (κ1) is 29.9. The number of nitrogens with zero attached hydrogens (tertiary/aromatic N) is 2. The highest BCUT2D eigenvalue weighted by atomic mass is 32.1. The number of halogens is 3. The van der Waals surface area contributed by atoms with Gasteiger partial charge in [0.25, 0.3) is 0 Å². The van der Waals surface area contributed by atoms with Crippen LogP contribution in [0.1, 0.15) is 69.4 Å². The summed E-state index contributed by atoms with van der Waals surface area (Å²) in [7, 11) is 0. The largest absolute Gasteiger partial charge is 0.507 e. The lowest BCUT2D eigenvalue weighted by molar-refractivity contribution is -0.137. The SMILES string of the molecule is CC(/C=C(\N)NC1CCCN(C2CCN([C@]3(S)CC[C@H](O)CC3)CC2)C1)=C(/N)c1ccc(C(F)(F)F)cc1O. The number of nitrogens with two attached hydrogens (primary N) is 2. The number of allylic oxidation sites excluding steroid dienone is 2. The Bertz CT molecular complexity index is 1060. The lowest BCUT2D eigenvalue weighted by atomic mass is 9.89. The monoisotopic (exact) mass is 569 g/mol. The molecular weight excluding hydrogens is 527 g/mol. The van der Waals surface area contributed by atoms with Crippen molar-refractivity contribution in [2.24, 2.45) is 11.5 Å². The van der Waals surface area contributed by atoms with Crippen LogP contribution in [-0.4, -0.2) is 69.3 Å². The fraction of sp³-hybridized carbons (Fsp3) is 0.643. The number of nitrogens with one attached hydrogen (secondary N) is 1. The molecule has 0 spiro atoms. The van der Waals surface area contributed by atoms with Crippen LogP contribution in [0.15, 0.2) is 35.7 Å². The smallest absolute Gasteiger partial charge is 0.416 e. The minimum absolute atomic E-state index is 0.0974. The van der Waals surface area contributed by atoms with Crippen molar-refractivity contribution < 1.29 is 23.4 Å². The topological polar surface area (TPSA) is 111 Å². The third-order valence-corrected chi connectivity index (χ3v) is 9.29.